The van der Waals surface area contributed by atoms with Gasteiger partial charge in [0.1, 0.15) is 39.9 Å². The Balaban J connectivity index is 1.96. The maximum absolute atomic E-state index is 14.5. The molecule has 0 spiro atoms. The van der Waals surface area contributed by atoms with E-state index in [0.29, 0.717) is 51.1 Å². The maximum Gasteiger partial charge on any atom is 0.453 e. The number of hydrogen-bond acceptors (Lipinski definition) is 8. The van der Waals surface area contributed by atoms with E-state index in [0.717, 1.165) is 27.5 Å². The molecule has 0 bridgehead atoms. The van der Waals surface area contributed by atoms with E-state index < -0.39 is 25.0 Å². The summed E-state index contributed by atoms with van der Waals surface area (Å²) >= 11 is 0. The van der Waals surface area contributed by atoms with Crippen LogP contribution in [0.15, 0.2) is 68.3 Å². The largest absolute Gasteiger partial charge is 0.497 e. The predicted octanol–water partition coefficient (Wildman–Crippen LogP) is 12.2. The summed E-state index contributed by atoms with van der Waals surface area (Å²) in [5, 5.41) is 1.62. The smallest absolute Gasteiger partial charge is 0.453 e. The maximum atomic E-state index is 14.5. The van der Waals surface area contributed by atoms with Crippen LogP contribution >= 0.6 is 8.24 Å². The molecule has 4 aromatic rings. The molecule has 1 unspecified atom stereocenters. The topological polar surface area (TPSA) is 89.5 Å². The van der Waals surface area contributed by atoms with Crippen molar-refractivity contribution in [3.8, 4) is 23.0 Å². The van der Waals surface area contributed by atoms with Crippen LogP contribution in [0.3, 0.4) is 0 Å². The first-order valence-corrected chi connectivity index (χ1v) is 19.1. The highest BCUT2D eigenvalue weighted by Gasteiger charge is 2.37. The quantitative estimate of drug-likeness (QED) is 0.185. The second-order valence-corrected chi connectivity index (χ2v) is 18.9. The molecule has 0 amide bonds. The zero-order valence-electron chi connectivity index (χ0n) is 34.4. The van der Waals surface area contributed by atoms with Crippen molar-refractivity contribution in [2.24, 2.45) is 5.41 Å². The van der Waals surface area contributed by atoms with Gasteiger partial charge < -0.3 is 31.9 Å². The number of carbonyl (C=O) groups is 1. The first-order valence-electron chi connectivity index (χ1n) is 18.1. The summed E-state index contributed by atoms with van der Waals surface area (Å²) in [4.78, 5) is 14.5. The van der Waals surface area contributed by atoms with Crippen LogP contribution in [0.5, 0.6) is 23.0 Å². The van der Waals surface area contributed by atoms with Gasteiger partial charge in [-0.1, -0.05) is 83.1 Å². The molecule has 0 fully saturated rings. The van der Waals surface area contributed by atoms with Gasteiger partial charge in [0.25, 0.3) is 0 Å². The van der Waals surface area contributed by atoms with Gasteiger partial charge in [-0.05, 0) is 70.2 Å². The van der Waals surface area contributed by atoms with E-state index >= 15 is 0 Å². The predicted molar refractivity (Wildman–Crippen MR) is 215 cm³/mol. The Hall–Kier alpha value is -4.29. The van der Waals surface area contributed by atoms with Crippen molar-refractivity contribution in [3.05, 3.63) is 82.1 Å². The number of allylic oxidation sites excluding steroid dienone is 3. The van der Waals surface area contributed by atoms with Crippen molar-refractivity contribution in [2.45, 2.75) is 105 Å². The second-order valence-electron chi connectivity index (χ2n) is 17.9. The molecule has 53 heavy (non-hydrogen) atoms. The number of carbonyl (C=O) groups excluding carboxylic acids is 1. The first-order chi connectivity index (χ1) is 24.5. The number of hydrogen-bond donors (Lipinski definition) is 0. The van der Waals surface area contributed by atoms with Gasteiger partial charge in [-0.3, -0.25) is 4.79 Å². The van der Waals surface area contributed by atoms with Gasteiger partial charge in [-0.2, -0.15) is 0 Å². The number of benzene rings is 3. The second kappa shape index (κ2) is 14.2. The summed E-state index contributed by atoms with van der Waals surface area (Å²) in [6, 6.07) is 11.8. The molecule has 3 aromatic carbocycles. The number of ketones is 1. The van der Waals surface area contributed by atoms with Crippen LogP contribution in [0, 0.1) is 5.41 Å². The average molecular weight is 745 g/mol. The van der Waals surface area contributed by atoms with E-state index in [-0.39, 0.29) is 16.6 Å². The lowest BCUT2D eigenvalue weighted by Gasteiger charge is -2.31. The summed E-state index contributed by atoms with van der Waals surface area (Å²) in [7, 11) is 4.40. The van der Waals surface area contributed by atoms with E-state index in [1.807, 2.05) is 69.3 Å². The molecule has 8 nitrogen and oxygen atoms in total. The molecule has 0 aliphatic heterocycles. The van der Waals surface area contributed by atoms with Crippen molar-refractivity contribution in [3.63, 3.8) is 0 Å². The Morgan fingerprint density at radius 3 is 1.40 bits per heavy atom. The van der Waals surface area contributed by atoms with Crippen LogP contribution in [0.25, 0.3) is 21.9 Å². The third-order valence-corrected chi connectivity index (χ3v) is 10.7. The Kier molecular flexibility index (Phi) is 10.7. The molecule has 1 aromatic heterocycles. The number of rotatable bonds is 7. The van der Waals surface area contributed by atoms with Crippen LogP contribution in [0.4, 0.5) is 0 Å². The summed E-state index contributed by atoms with van der Waals surface area (Å²) in [6.07, 6.45) is 3.69. The lowest BCUT2D eigenvalue weighted by Crippen LogP contribution is -2.26. The molecule has 1 aliphatic carbocycles. The number of methoxy groups -OCH3 is 4. The fraction of sp³-hybridized carbons (Fsp3) is 0.477. The molecule has 1 atom stereocenters. The minimum absolute atomic E-state index is 0.0355. The van der Waals surface area contributed by atoms with Crippen molar-refractivity contribution >= 4 is 36.0 Å². The molecular formula is C44H57O8P. The Morgan fingerprint density at radius 2 is 1.00 bits per heavy atom. The minimum Gasteiger partial charge on any atom is -0.497 e. The average Bonchev–Trinajstić information content (AvgIpc) is 3.21. The van der Waals surface area contributed by atoms with Gasteiger partial charge in [0, 0.05) is 38.6 Å². The SMILES string of the molecule is COC1=CC(c2cc(OC)cc(C(C)(C)C)c2Op2oc3c(C(C)(C)C)cc(OC)cc3c3cc(OC)cc(C(C)(C)C)c3o2)C(=O)C(C(C)(C)C)=C1. The molecule has 286 valence electrons. The number of ether oxygens (including phenoxy) is 4. The molecule has 0 N–H and O–H groups in total. The molecule has 0 saturated carbocycles. The van der Waals surface area contributed by atoms with E-state index in [4.69, 9.17) is 31.9 Å². The standard InChI is InChI=1S/C44H57O8P/c1-41(2,3)33-21-25(46-13)17-29(37(33)45)30-18-26(47-14)22-34(42(4,5)6)38(30)50-53-51-39-31(19-27(48-15)23-35(39)43(7,8)9)32-20-28(49-16)24-36(40(32)52-53)44(10,11)12/h17-24,29H,1-16H3. The van der Waals surface area contributed by atoms with Gasteiger partial charge in [-0.25, -0.2) is 0 Å². The summed E-state index contributed by atoms with van der Waals surface area (Å²) in [5.41, 5.74) is 3.73. The molecule has 0 radical (unpaired) electrons. The van der Waals surface area contributed by atoms with E-state index in [9.17, 15) is 4.79 Å². The van der Waals surface area contributed by atoms with Crippen LogP contribution in [-0.4, -0.2) is 34.2 Å². The Labute approximate surface area is 316 Å². The highest BCUT2D eigenvalue weighted by Crippen LogP contribution is 2.50. The van der Waals surface area contributed by atoms with Gasteiger partial charge in [0.15, 0.2) is 5.78 Å². The van der Waals surface area contributed by atoms with Crippen LogP contribution in [0.2, 0.25) is 0 Å². The number of fused-ring (bicyclic) bond motifs is 3. The molecular weight excluding hydrogens is 687 g/mol. The minimum atomic E-state index is -2.18. The van der Waals surface area contributed by atoms with Crippen LogP contribution < -0.4 is 18.7 Å². The monoisotopic (exact) mass is 744 g/mol. The van der Waals surface area contributed by atoms with Gasteiger partial charge in [0.2, 0.25) is 0 Å². The van der Waals surface area contributed by atoms with Crippen molar-refractivity contribution in [2.75, 3.05) is 28.4 Å². The molecule has 5 rings (SSSR count). The lowest BCUT2D eigenvalue weighted by atomic mass is 9.74. The highest BCUT2D eigenvalue weighted by molar-refractivity contribution is 7.32. The number of Topliss-reactive ketones (excluding diaryl/α,β-unsaturated/α-hetero) is 1. The van der Waals surface area contributed by atoms with Gasteiger partial charge in [0.05, 0.1) is 34.4 Å². The molecule has 1 heterocycles. The summed E-state index contributed by atoms with van der Waals surface area (Å²) in [5.74, 6) is 2.36. The third kappa shape index (κ3) is 7.99. The Bertz CT molecular complexity index is 2070. The fourth-order valence-electron chi connectivity index (χ4n) is 6.68. The first kappa shape index (κ1) is 39.9. The van der Waals surface area contributed by atoms with Gasteiger partial charge in [-0.15, -0.1) is 0 Å². The third-order valence-electron chi connectivity index (χ3n) is 9.68. The normalized spacial score (nSPS) is 15.6. The Morgan fingerprint density at radius 1 is 0.566 bits per heavy atom. The van der Waals surface area contributed by atoms with Gasteiger partial charge >= 0.3 is 8.24 Å². The van der Waals surface area contributed by atoms with Crippen molar-refractivity contribution in [1.29, 1.82) is 0 Å². The fourth-order valence-corrected chi connectivity index (χ4v) is 7.83. The van der Waals surface area contributed by atoms with Crippen molar-refractivity contribution in [1.82, 2.24) is 0 Å². The molecule has 1 aliphatic rings. The highest BCUT2D eigenvalue weighted by atomic mass is 31.1. The van der Waals surface area contributed by atoms with E-state index in [1.54, 1.807) is 28.4 Å². The van der Waals surface area contributed by atoms with Crippen molar-refractivity contribution < 1.29 is 36.7 Å². The lowest BCUT2D eigenvalue weighted by molar-refractivity contribution is -0.117. The van der Waals surface area contributed by atoms with Crippen LogP contribution in [-0.2, 0) is 25.8 Å². The summed E-state index contributed by atoms with van der Waals surface area (Å²) < 4.78 is 44.5. The zero-order chi connectivity index (χ0) is 39.4. The van der Waals surface area contributed by atoms with Crippen LogP contribution in [0.1, 0.15) is 111 Å². The van der Waals surface area contributed by atoms with E-state index in [1.165, 1.54) is 0 Å². The van der Waals surface area contributed by atoms with E-state index in [2.05, 4.69) is 62.3 Å². The molecule has 9 heteroatoms. The zero-order valence-corrected chi connectivity index (χ0v) is 35.3. The molecule has 0 saturated heterocycles. The summed E-state index contributed by atoms with van der Waals surface area (Å²) in [6.45, 7) is 25.3.